The Hall–Kier alpha value is -2.16. The standard InChI is InChI=1S/C15H16N2O/c1-2-3-11-16-17-15(18)14-10-6-8-12-7-4-5-9-13(12)14/h4-11H,2-3H2,1H3,(H,17,18)/b16-11+. The Morgan fingerprint density at radius 2 is 2.00 bits per heavy atom. The molecule has 0 saturated heterocycles. The molecule has 0 heterocycles. The van der Waals surface area contributed by atoms with E-state index in [2.05, 4.69) is 17.5 Å². The number of carbonyl (C=O) groups excluding carboxylic acids is 1. The van der Waals surface area contributed by atoms with Gasteiger partial charge in [0.05, 0.1) is 0 Å². The number of hydrogen-bond donors (Lipinski definition) is 1. The molecule has 0 radical (unpaired) electrons. The Morgan fingerprint density at radius 3 is 2.83 bits per heavy atom. The molecule has 0 aliphatic carbocycles. The summed E-state index contributed by atoms with van der Waals surface area (Å²) in [5.41, 5.74) is 3.21. The molecule has 0 unspecified atom stereocenters. The van der Waals surface area contributed by atoms with Crippen molar-refractivity contribution in [3.05, 3.63) is 48.0 Å². The maximum atomic E-state index is 12.0. The molecular weight excluding hydrogens is 224 g/mol. The number of hydrazone groups is 1. The molecule has 18 heavy (non-hydrogen) atoms. The van der Waals surface area contributed by atoms with Crippen LogP contribution in [0, 0.1) is 0 Å². The smallest absolute Gasteiger partial charge is 0.267 e. The number of unbranched alkanes of at least 4 members (excludes halogenated alkanes) is 1. The predicted octanol–water partition coefficient (Wildman–Crippen LogP) is 3.36. The van der Waals surface area contributed by atoms with Crippen molar-refractivity contribution in [3.8, 4) is 0 Å². The summed E-state index contributed by atoms with van der Waals surface area (Å²) < 4.78 is 0. The lowest BCUT2D eigenvalue weighted by molar-refractivity contribution is 0.0956. The Kier molecular flexibility index (Phi) is 4.07. The highest BCUT2D eigenvalue weighted by Crippen LogP contribution is 2.18. The quantitative estimate of drug-likeness (QED) is 0.646. The topological polar surface area (TPSA) is 41.5 Å². The van der Waals surface area contributed by atoms with Gasteiger partial charge >= 0.3 is 0 Å². The number of hydrogen-bond acceptors (Lipinski definition) is 2. The molecule has 92 valence electrons. The molecule has 0 saturated carbocycles. The Bertz CT molecular complexity index is 570. The summed E-state index contributed by atoms with van der Waals surface area (Å²) in [4.78, 5) is 12.0. The molecule has 0 fully saturated rings. The first-order valence-electron chi connectivity index (χ1n) is 6.12. The van der Waals surface area contributed by atoms with E-state index in [-0.39, 0.29) is 5.91 Å². The maximum Gasteiger partial charge on any atom is 0.271 e. The highest BCUT2D eigenvalue weighted by atomic mass is 16.2. The summed E-state index contributed by atoms with van der Waals surface area (Å²) >= 11 is 0. The van der Waals surface area contributed by atoms with Gasteiger partial charge in [0, 0.05) is 11.8 Å². The summed E-state index contributed by atoms with van der Waals surface area (Å²) in [6.45, 7) is 2.07. The van der Waals surface area contributed by atoms with Crippen LogP contribution in [0.2, 0.25) is 0 Å². The van der Waals surface area contributed by atoms with E-state index in [1.165, 1.54) is 0 Å². The van der Waals surface area contributed by atoms with Crippen molar-refractivity contribution >= 4 is 22.9 Å². The van der Waals surface area contributed by atoms with E-state index in [1.807, 2.05) is 42.5 Å². The summed E-state index contributed by atoms with van der Waals surface area (Å²) in [6, 6.07) is 13.5. The molecule has 1 N–H and O–H groups in total. The van der Waals surface area contributed by atoms with Crippen molar-refractivity contribution in [3.63, 3.8) is 0 Å². The van der Waals surface area contributed by atoms with Crippen molar-refractivity contribution in [2.75, 3.05) is 0 Å². The second-order valence-corrected chi connectivity index (χ2v) is 4.07. The van der Waals surface area contributed by atoms with E-state index in [9.17, 15) is 4.79 Å². The number of nitrogens with one attached hydrogen (secondary N) is 1. The molecule has 0 bridgehead atoms. The van der Waals surface area contributed by atoms with Crippen LogP contribution in [0.25, 0.3) is 10.8 Å². The summed E-state index contributed by atoms with van der Waals surface area (Å²) in [7, 11) is 0. The first-order valence-corrected chi connectivity index (χ1v) is 6.12. The minimum atomic E-state index is -0.167. The van der Waals surface area contributed by atoms with Crippen LogP contribution in [-0.2, 0) is 0 Å². The van der Waals surface area contributed by atoms with Gasteiger partial charge in [0.15, 0.2) is 0 Å². The van der Waals surface area contributed by atoms with Gasteiger partial charge < -0.3 is 0 Å². The minimum Gasteiger partial charge on any atom is -0.267 e. The highest BCUT2D eigenvalue weighted by molar-refractivity contribution is 6.07. The van der Waals surface area contributed by atoms with Crippen LogP contribution < -0.4 is 5.43 Å². The predicted molar refractivity (Wildman–Crippen MR) is 74.8 cm³/mol. The molecule has 2 rings (SSSR count). The molecule has 0 aromatic heterocycles. The van der Waals surface area contributed by atoms with Crippen LogP contribution in [0.4, 0.5) is 0 Å². The third kappa shape index (κ3) is 2.74. The van der Waals surface area contributed by atoms with Gasteiger partial charge in [0.1, 0.15) is 0 Å². The van der Waals surface area contributed by atoms with Gasteiger partial charge in [-0.05, 0) is 23.3 Å². The lowest BCUT2D eigenvalue weighted by Gasteiger charge is -2.04. The number of benzene rings is 2. The average molecular weight is 240 g/mol. The van der Waals surface area contributed by atoms with Crippen LogP contribution >= 0.6 is 0 Å². The van der Waals surface area contributed by atoms with Crippen molar-refractivity contribution in [2.24, 2.45) is 5.10 Å². The van der Waals surface area contributed by atoms with Crippen LogP contribution in [0.15, 0.2) is 47.6 Å². The van der Waals surface area contributed by atoms with E-state index >= 15 is 0 Å². The van der Waals surface area contributed by atoms with Gasteiger partial charge in [-0.3, -0.25) is 4.79 Å². The van der Waals surface area contributed by atoms with Gasteiger partial charge in [-0.25, -0.2) is 5.43 Å². The minimum absolute atomic E-state index is 0.167. The second kappa shape index (κ2) is 5.96. The van der Waals surface area contributed by atoms with Gasteiger partial charge in [0.25, 0.3) is 5.91 Å². The van der Waals surface area contributed by atoms with Gasteiger partial charge in [-0.15, -0.1) is 0 Å². The maximum absolute atomic E-state index is 12.0. The molecule has 1 amide bonds. The Labute approximate surface area is 107 Å². The van der Waals surface area contributed by atoms with Crippen LogP contribution in [0.1, 0.15) is 30.1 Å². The lowest BCUT2D eigenvalue weighted by Crippen LogP contribution is -2.17. The fraction of sp³-hybridized carbons (Fsp3) is 0.200. The number of carbonyl (C=O) groups is 1. The SMILES string of the molecule is CCC/C=N/NC(=O)c1cccc2ccccc12. The molecule has 3 heteroatoms. The molecule has 0 aliphatic heterocycles. The number of rotatable bonds is 4. The zero-order valence-corrected chi connectivity index (χ0v) is 10.4. The summed E-state index contributed by atoms with van der Waals surface area (Å²) in [5.74, 6) is -0.167. The molecule has 0 spiro atoms. The molecule has 0 aliphatic rings. The monoisotopic (exact) mass is 240 g/mol. The zero-order chi connectivity index (χ0) is 12.8. The Balaban J connectivity index is 2.22. The van der Waals surface area contributed by atoms with E-state index in [0.717, 1.165) is 23.6 Å². The van der Waals surface area contributed by atoms with E-state index < -0.39 is 0 Å². The third-order valence-electron chi connectivity index (χ3n) is 2.71. The van der Waals surface area contributed by atoms with Crippen LogP contribution in [0.3, 0.4) is 0 Å². The normalized spacial score (nSPS) is 10.9. The zero-order valence-electron chi connectivity index (χ0n) is 10.4. The van der Waals surface area contributed by atoms with Crippen molar-refractivity contribution in [1.29, 1.82) is 0 Å². The third-order valence-corrected chi connectivity index (χ3v) is 2.71. The van der Waals surface area contributed by atoms with E-state index in [4.69, 9.17) is 0 Å². The first-order chi connectivity index (χ1) is 8.83. The van der Waals surface area contributed by atoms with Crippen LogP contribution in [-0.4, -0.2) is 12.1 Å². The van der Waals surface area contributed by atoms with Crippen molar-refractivity contribution in [2.45, 2.75) is 19.8 Å². The molecule has 0 atom stereocenters. The fourth-order valence-electron chi connectivity index (χ4n) is 1.78. The van der Waals surface area contributed by atoms with Gasteiger partial charge in [-0.1, -0.05) is 49.7 Å². The molecular formula is C15H16N2O. The first kappa shape index (κ1) is 12.3. The lowest BCUT2D eigenvalue weighted by atomic mass is 10.0. The van der Waals surface area contributed by atoms with Crippen molar-refractivity contribution in [1.82, 2.24) is 5.43 Å². The largest absolute Gasteiger partial charge is 0.271 e. The summed E-state index contributed by atoms with van der Waals surface area (Å²) in [6.07, 6.45) is 3.62. The Morgan fingerprint density at radius 1 is 1.22 bits per heavy atom. The summed E-state index contributed by atoms with van der Waals surface area (Å²) in [5, 5.41) is 5.93. The second-order valence-electron chi connectivity index (χ2n) is 4.07. The number of nitrogens with zero attached hydrogens (tertiary/aromatic N) is 1. The van der Waals surface area contributed by atoms with Gasteiger partial charge in [0.2, 0.25) is 0 Å². The average Bonchev–Trinajstić information content (AvgIpc) is 2.43. The van der Waals surface area contributed by atoms with E-state index in [1.54, 1.807) is 6.21 Å². The van der Waals surface area contributed by atoms with Gasteiger partial charge in [-0.2, -0.15) is 5.10 Å². The van der Waals surface area contributed by atoms with Crippen molar-refractivity contribution < 1.29 is 4.79 Å². The highest BCUT2D eigenvalue weighted by Gasteiger charge is 2.07. The molecule has 2 aromatic rings. The van der Waals surface area contributed by atoms with E-state index in [0.29, 0.717) is 5.56 Å². The molecule has 3 nitrogen and oxygen atoms in total. The molecule has 2 aromatic carbocycles. The van der Waals surface area contributed by atoms with Crippen LogP contribution in [0.5, 0.6) is 0 Å². The fourth-order valence-corrected chi connectivity index (χ4v) is 1.78. The number of amides is 1. The number of fused-ring (bicyclic) bond motifs is 1.